The van der Waals surface area contributed by atoms with Gasteiger partial charge in [0.2, 0.25) is 12.7 Å². The Balaban J connectivity index is 1.46. The Morgan fingerprint density at radius 2 is 1.88 bits per heavy atom. The van der Waals surface area contributed by atoms with E-state index in [1.54, 1.807) is 11.0 Å². The molecule has 140 valence electrons. The number of nitrogens with zero attached hydrogens (tertiary/aromatic N) is 2. The summed E-state index contributed by atoms with van der Waals surface area (Å²) in [6.07, 6.45) is 1.59. The van der Waals surface area contributed by atoms with E-state index in [4.69, 9.17) is 9.47 Å². The molecule has 1 N–H and O–H groups in total. The summed E-state index contributed by atoms with van der Waals surface area (Å²) in [7, 11) is 0. The van der Waals surface area contributed by atoms with Gasteiger partial charge in [-0.25, -0.2) is 4.79 Å². The first kappa shape index (κ1) is 17.3. The van der Waals surface area contributed by atoms with Crippen molar-refractivity contribution in [2.75, 3.05) is 43.2 Å². The smallest absolute Gasteiger partial charge is 0.322 e. The van der Waals surface area contributed by atoms with E-state index in [-0.39, 0.29) is 24.8 Å². The summed E-state index contributed by atoms with van der Waals surface area (Å²) in [6, 6.07) is 3.06. The number of fused-ring (bicyclic) bond motifs is 1. The van der Waals surface area contributed by atoms with Crippen LogP contribution in [-0.2, 0) is 4.79 Å². The standard InChI is InChI=1S/C18H23N3O4S/c1-12-9-15-16(25-11-24-15)10-13(12)19-18(23)21-4-2-3-14(21)17(22)20-5-7-26-8-6-20/h9-10,14H,2-8,11H2,1H3,(H,19,23). The second kappa shape index (κ2) is 7.26. The third-order valence-electron chi connectivity index (χ3n) is 5.08. The fourth-order valence-electron chi connectivity index (χ4n) is 3.63. The molecule has 4 rings (SSSR count). The van der Waals surface area contributed by atoms with Crippen LogP contribution < -0.4 is 14.8 Å². The van der Waals surface area contributed by atoms with E-state index in [0.29, 0.717) is 23.7 Å². The number of amides is 3. The minimum Gasteiger partial charge on any atom is -0.454 e. The van der Waals surface area contributed by atoms with Crippen molar-refractivity contribution < 1.29 is 19.1 Å². The second-order valence-electron chi connectivity index (χ2n) is 6.74. The van der Waals surface area contributed by atoms with Crippen molar-refractivity contribution in [3.63, 3.8) is 0 Å². The normalized spacial score (nSPS) is 21.8. The maximum atomic E-state index is 12.8. The summed E-state index contributed by atoms with van der Waals surface area (Å²) in [5.41, 5.74) is 1.59. The van der Waals surface area contributed by atoms with Crippen LogP contribution in [0.4, 0.5) is 10.5 Å². The molecule has 0 spiro atoms. The predicted molar refractivity (Wildman–Crippen MR) is 100.0 cm³/mol. The Morgan fingerprint density at radius 3 is 2.65 bits per heavy atom. The number of aryl methyl sites for hydroxylation is 1. The van der Waals surface area contributed by atoms with E-state index in [0.717, 1.165) is 43.0 Å². The van der Waals surface area contributed by atoms with E-state index in [2.05, 4.69) is 5.32 Å². The number of thioether (sulfide) groups is 1. The fourth-order valence-corrected chi connectivity index (χ4v) is 4.53. The number of carbonyl (C=O) groups is 2. The van der Waals surface area contributed by atoms with E-state index >= 15 is 0 Å². The highest BCUT2D eigenvalue weighted by Crippen LogP contribution is 2.37. The van der Waals surface area contributed by atoms with E-state index in [1.807, 2.05) is 29.7 Å². The first-order chi connectivity index (χ1) is 12.6. The van der Waals surface area contributed by atoms with Gasteiger partial charge in [-0.2, -0.15) is 11.8 Å². The van der Waals surface area contributed by atoms with Gasteiger partial charge in [-0.15, -0.1) is 0 Å². The lowest BCUT2D eigenvalue weighted by atomic mass is 10.1. The molecule has 3 aliphatic heterocycles. The third-order valence-corrected chi connectivity index (χ3v) is 6.03. The Bertz CT molecular complexity index is 721. The van der Waals surface area contributed by atoms with E-state index in [9.17, 15) is 9.59 Å². The maximum absolute atomic E-state index is 12.8. The SMILES string of the molecule is Cc1cc2c(cc1NC(=O)N1CCCC1C(=O)N1CCSCC1)OCO2. The number of anilines is 1. The molecule has 7 nitrogen and oxygen atoms in total. The lowest BCUT2D eigenvalue weighted by Crippen LogP contribution is -2.51. The monoisotopic (exact) mass is 377 g/mol. The highest BCUT2D eigenvalue weighted by Gasteiger charge is 2.37. The minimum absolute atomic E-state index is 0.0837. The van der Waals surface area contributed by atoms with Gasteiger partial charge in [0, 0.05) is 42.9 Å². The summed E-state index contributed by atoms with van der Waals surface area (Å²) in [5.74, 6) is 3.35. The zero-order valence-electron chi connectivity index (χ0n) is 14.8. The van der Waals surface area contributed by atoms with Gasteiger partial charge in [-0.3, -0.25) is 4.79 Å². The Hall–Kier alpha value is -2.09. The molecular weight excluding hydrogens is 354 g/mol. The number of hydrogen-bond donors (Lipinski definition) is 1. The fraction of sp³-hybridized carbons (Fsp3) is 0.556. The van der Waals surface area contributed by atoms with Gasteiger partial charge >= 0.3 is 6.03 Å². The number of likely N-dealkylation sites (tertiary alicyclic amines) is 1. The number of rotatable bonds is 2. The lowest BCUT2D eigenvalue weighted by Gasteiger charge is -2.32. The highest BCUT2D eigenvalue weighted by molar-refractivity contribution is 7.99. The first-order valence-corrected chi connectivity index (χ1v) is 10.1. The van der Waals surface area contributed by atoms with Crippen molar-refractivity contribution >= 4 is 29.4 Å². The van der Waals surface area contributed by atoms with Crippen LogP contribution >= 0.6 is 11.8 Å². The zero-order chi connectivity index (χ0) is 18.1. The van der Waals surface area contributed by atoms with Gasteiger partial charge in [0.15, 0.2) is 11.5 Å². The van der Waals surface area contributed by atoms with Gasteiger partial charge in [-0.05, 0) is 31.4 Å². The van der Waals surface area contributed by atoms with Crippen LogP contribution in [0.2, 0.25) is 0 Å². The molecule has 1 unspecified atom stereocenters. The molecule has 0 aromatic heterocycles. The third kappa shape index (κ3) is 3.30. The number of nitrogens with one attached hydrogen (secondary N) is 1. The average molecular weight is 377 g/mol. The topological polar surface area (TPSA) is 71.1 Å². The average Bonchev–Trinajstić information content (AvgIpc) is 3.31. The molecule has 2 fully saturated rings. The van der Waals surface area contributed by atoms with Crippen molar-refractivity contribution in [1.82, 2.24) is 9.80 Å². The van der Waals surface area contributed by atoms with Crippen LogP contribution in [0.5, 0.6) is 11.5 Å². The molecule has 1 aromatic carbocycles. The predicted octanol–water partition coefficient (Wildman–Crippen LogP) is 2.30. The zero-order valence-corrected chi connectivity index (χ0v) is 15.6. The minimum atomic E-state index is -0.354. The Labute approximate surface area is 157 Å². The van der Waals surface area contributed by atoms with Crippen LogP contribution in [0.15, 0.2) is 12.1 Å². The van der Waals surface area contributed by atoms with Crippen molar-refractivity contribution in [3.8, 4) is 11.5 Å². The molecule has 3 amide bonds. The number of ether oxygens (including phenoxy) is 2. The molecule has 8 heteroatoms. The van der Waals surface area contributed by atoms with Crippen LogP contribution in [0.1, 0.15) is 18.4 Å². The summed E-state index contributed by atoms with van der Waals surface area (Å²) in [6.45, 7) is 4.26. The second-order valence-corrected chi connectivity index (χ2v) is 7.96. The number of urea groups is 1. The number of carbonyl (C=O) groups excluding carboxylic acids is 2. The number of benzene rings is 1. The lowest BCUT2D eigenvalue weighted by molar-refractivity contribution is -0.134. The van der Waals surface area contributed by atoms with E-state index < -0.39 is 0 Å². The van der Waals surface area contributed by atoms with Crippen molar-refractivity contribution in [2.45, 2.75) is 25.8 Å². The van der Waals surface area contributed by atoms with Gasteiger partial charge in [0.05, 0.1) is 0 Å². The van der Waals surface area contributed by atoms with Gasteiger partial charge < -0.3 is 24.6 Å². The highest BCUT2D eigenvalue weighted by atomic mass is 32.2. The van der Waals surface area contributed by atoms with Crippen LogP contribution in [0, 0.1) is 6.92 Å². The Kier molecular flexibility index (Phi) is 4.84. The van der Waals surface area contributed by atoms with Crippen LogP contribution in [0.25, 0.3) is 0 Å². The molecule has 0 aliphatic carbocycles. The first-order valence-electron chi connectivity index (χ1n) is 8.98. The van der Waals surface area contributed by atoms with Crippen molar-refractivity contribution in [1.29, 1.82) is 0 Å². The van der Waals surface area contributed by atoms with Gasteiger partial charge in [0.1, 0.15) is 6.04 Å². The summed E-state index contributed by atoms with van der Waals surface area (Å²) in [5, 5.41) is 2.95. The molecule has 1 atom stereocenters. The molecule has 0 radical (unpaired) electrons. The van der Waals surface area contributed by atoms with Gasteiger partial charge in [0.25, 0.3) is 0 Å². The molecule has 2 saturated heterocycles. The van der Waals surface area contributed by atoms with Crippen LogP contribution in [-0.4, -0.2) is 65.7 Å². The molecule has 0 saturated carbocycles. The molecule has 26 heavy (non-hydrogen) atoms. The molecule has 1 aromatic rings. The van der Waals surface area contributed by atoms with E-state index in [1.165, 1.54) is 0 Å². The molecule has 3 heterocycles. The maximum Gasteiger partial charge on any atom is 0.322 e. The quantitative estimate of drug-likeness (QED) is 0.856. The van der Waals surface area contributed by atoms with Crippen molar-refractivity contribution in [3.05, 3.63) is 17.7 Å². The number of hydrogen-bond acceptors (Lipinski definition) is 5. The summed E-state index contributed by atoms with van der Waals surface area (Å²) < 4.78 is 10.7. The molecule has 3 aliphatic rings. The Morgan fingerprint density at radius 1 is 1.15 bits per heavy atom. The summed E-state index contributed by atoms with van der Waals surface area (Å²) in [4.78, 5) is 29.3. The summed E-state index contributed by atoms with van der Waals surface area (Å²) >= 11 is 1.87. The molecular formula is C18H23N3O4S. The largest absolute Gasteiger partial charge is 0.454 e. The van der Waals surface area contributed by atoms with Crippen molar-refractivity contribution in [2.24, 2.45) is 0 Å². The molecule has 0 bridgehead atoms. The van der Waals surface area contributed by atoms with Gasteiger partial charge in [-0.1, -0.05) is 0 Å². The van der Waals surface area contributed by atoms with Crippen LogP contribution in [0.3, 0.4) is 0 Å².